The Morgan fingerprint density at radius 3 is 2.10 bits per heavy atom. The van der Waals surface area contributed by atoms with Crippen LogP contribution >= 0.6 is 0 Å². The van der Waals surface area contributed by atoms with Crippen molar-refractivity contribution in [3.8, 4) is 28.5 Å². The van der Waals surface area contributed by atoms with Crippen LogP contribution in [0.2, 0.25) is 0 Å². The van der Waals surface area contributed by atoms with Crippen LogP contribution < -0.4 is 14.2 Å². The highest BCUT2D eigenvalue weighted by Gasteiger charge is 2.46. The van der Waals surface area contributed by atoms with Crippen molar-refractivity contribution in [3.05, 3.63) is 78.0 Å². The summed E-state index contributed by atoms with van der Waals surface area (Å²) in [7, 11) is 4.86. The largest absolute Gasteiger partial charge is 0.497 e. The Bertz CT molecular complexity index is 1240. The third-order valence-corrected chi connectivity index (χ3v) is 5.34. The van der Waals surface area contributed by atoms with Crippen LogP contribution in [0, 0.1) is 0 Å². The maximum atomic E-state index is 6.50. The van der Waals surface area contributed by atoms with E-state index in [0.717, 1.165) is 33.6 Å². The van der Waals surface area contributed by atoms with Gasteiger partial charge in [0.05, 0.1) is 25.3 Å². The van der Waals surface area contributed by atoms with Gasteiger partial charge in [0.1, 0.15) is 28.6 Å². The van der Waals surface area contributed by atoms with Gasteiger partial charge < -0.3 is 18.9 Å². The lowest BCUT2D eigenvalue weighted by molar-refractivity contribution is -0.143. The summed E-state index contributed by atoms with van der Waals surface area (Å²) in [5.74, 6) is 0.778. The molecule has 1 atom stereocenters. The molecule has 0 amide bonds. The van der Waals surface area contributed by atoms with E-state index in [1.54, 1.807) is 21.3 Å². The highest BCUT2D eigenvalue weighted by molar-refractivity contribution is 5.82. The van der Waals surface area contributed by atoms with Gasteiger partial charge in [-0.3, -0.25) is 0 Å². The Labute approximate surface area is 174 Å². The molecule has 0 saturated heterocycles. The zero-order chi connectivity index (χ0) is 20.7. The minimum absolute atomic E-state index is 0.603. The molecule has 30 heavy (non-hydrogen) atoms. The number of methoxy groups -OCH3 is 3. The van der Waals surface area contributed by atoms with Crippen molar-refractivity contribution in [2.45, 2.75) is 5.79 Å². The SMILES string of the molecule is COc1ccc(C2(OC)Oc3cc(OC)ccc3-c3nc4ccccc4nc32)cc1. The standard InChI is InChI=1S/C24H20N2O4/c1-27-16-10-8-15(9-11-16)24(29-3)23-22(25-19-6-4-5-7-20(19)26-23)18-13-12-17(28-2)14-21(18)30-24/h4-14H,1-3H3. The lowest BCUT2D eigenvalue weighted by atomic mass is 9.93. The molecule has 5 rings (SSSR count). The van der Waals surface area contributed by atoms with Gasteiger partial charge in [-0.15, -0.1) is 0 Å². The van der Waals surface area contributed by atoms with E-state index in [4.69, 9.17) is 28.9 Å². The van der Waals surface area contributed by atoms with Gasteiger partial charge in [0, 0.05) is 24.3 Å². The van der Waals surface area contributed by atoms with E-state index in [9.17, 15) is 0 Å². The summed E-state index contributed by atoms with van der Waals surface area (Å²) >= 11 is 0. The van der Waals surface area contributed by atoms with Crippen LogP contribution in [0.5, 0.6) is 17.2 Å². The number of ether oxygens (including phenoxy) is 4. The molecule has 0 N–H and O–H groups in total. The summed E-state index contributed by atoms with van der Waals surface area (Å²) in [6, 6.07) is 21.0. The van der Waals surface area contributed by atoms with Crippen molar-refractivity contribution in [1.82, 2.24) is 9.97 Å². The van der Waals surface area contributed by atoms with E-state index in [-0.39, 0.29) is 0 Å². The molecule has 6 heteroatoms. The summed E-state index contributed by atoms with van der Waals surface area (Å²) in [6.07, 6.45) is 0. The molecule has 0 saturated carbocycles. The molecular weight excluding hydrogens is 380 g/mol. The Balaban J connectivity index is 1.82. The molecule has 0 aliphatic carbocycles. The molecule has 3 aromatic carbocycles. The number of hydrogen-bond donors (Lipinski definition) is 0. The van der Waals surface area contributed by atoms with E-state index in [2.05, 4.69) is 0 Å². The zero-order valence-electron chi connectivity index (χ0n) is 16.9. The third kappa shape index (κ3) is 2.69. The number of hydrogen-bond acceptors (Lipinski definition) is 6. The molecule has 0 fully saturated rings. The molecule has 1 aliphatic heterocycles. The first-order valence-electron chi connectivity index (χ1n) is 9.53. The van der Waals surface area contributed by atoms with Crippen LogP contribution in [0.1, 0.15) is 11.3 Å². The fourth-order valence-electron chi connectivity index (χ4n) is 3.79. The normalized spacial score (nSPS) is 17.0. The summed E-state index contributed by atoms with van der Waals surface area (Å²) in [5, 5.41) is 0. The van der Waals surface area contributed by atoms with Gasteiger partial charge in [0.2, 0.25) is 0 Å². The minimum atomic E-state index is -1.27. The van der Waals surface area contributed by atoms with Gasteiger partial charge in [-0.25, -0.2) is 9.97 Å². The molecule has 0 radical (unpaired) electrons. The molecule has 4 aromatic rings. The zero-order valence-corrected chi connectivity index (χ0v) is 16.9. The molecule has 1 aliphatic rings. The highest BCUT2D eigenvalue weighted by Crippen LogP contribution is 2.48. The van der Waals surface area contributed by atoms with E-state index in [0.29, 0.717) is 17.2 Å². The smallest absolute Gasteiger partial charge is 0.283 e. The lowest BCUT2D eigenvalue weighted by Gasteiger charge is -2.37. The number of nitrogens with zero attached hydrogens (tertiary/aromatic N) is 2. The maximum Gasteiger partial charge on any atom is 0.283 e. The molecule has 0 bridgehead atoms. The van der Waals surface area contributed by atoms with Crippen molar-refractivity contribution in [2.24, 2.45) is 0 Å². The lowest BCUT2D eigenvalue weighted by Crippen LogP contribution is -2.40. The van der Waals surface area contributed by atoms with Crippen molar-refractivity contribution in [2.75, 3.05) is 21.3 Å². The highest BCUT2D eigenvalue weighted by atomic mass is 16.7. The Morgan fingerprint density at radius 2 is 1.43 bits per heavy atom. The number of rotatable bonds is 4. The second-order valence-corrected chi connectivity index (χ2v) is 6.92. The average molecular weight is 400 g/mol. The Morgan fingerprint density at radius 1 is 0.767 bits per heavy atom. The number of para-hydroxylation sites is 2. The Kier molecular flexibility index (Phi) is 4.29. The number of benzene rings is 3. The quantitative estimate of drug-likeness (QED) is 0.501. The monoisotopic (exact) mass is 400 g/mol. The first kappa shape index (κ1) is 18.4. The molecule has 2 heterocycles. The molecule has 6 nitrogen and oxygen atoms in total. The minimum Gasteiger partial charge on any atom is -0.497 e. The first-order valence-corrected chi connectivity index (χ1v) is 9.53. The van der Waals surface area contributed by atoms with Crippen LogP contribution in [0.3, 0.4) is 0 Å². The van der Waals surface area contributed by atoms with Gasteiger partial charge in [-0.1, -0.05) is 12.1 Å². The van der Waals surface area contributed by atoms with Gasteiger partial charge >= 0.3 is 0 Å². The fourth-order valence-corrected chi connectivity index (χ4v) is 3.79. The fraction of sp³-hybridized carbons (Fsp3) is 0.167. The van der Waals surface area contributed by atoms with Gasteiger partial charge in [-0.2, -0.15) is 0 Å². The van der Waals surface area contributed by atoms with Gasteiger partial charge in [-0.05, 0) is 48.5 Å². The Hall–Kier alpha value is -3.64. The third-order valence-electron chi connectivity index (χ3n) is 5.34. The summed E-state index contributed by atoms with van der Waals surface area (Å²) in [5.41, 5.74) is 4.52. The van der Waals surface area contributed by atoms with Crippen molar-refractivity contribution < 1.29 is 18.9 Å². The summed E-state index contributed by atoms with van der Waals surface area (Å²) in [6.45, 7) is 0. The molecule has 150 valence electrons. The summed E-state index contributed by atoms with van der Waals surface area (Å²) < 4.78 is 23.3. The van der Waals surface area contributed by atoms with E-state index >= 15 is 0 Å². The molecular formula is C24H20N2O4. The molecule has 0 spiro atoms. The maximum absolute atomic E-state index is 6.50. The number of fused-ring (bicyclic) bond motifs is 4. The van der Waals surface area contributed by atoms with Crippen LogP contribution in [-0.4, -0.2) is 31.3 Å². The van der Waals surface area contributed by atoms with Crippen LogP contribution in [0.15, 0.2) is 66.7 Å². The predicted octanol–water partition coefficient (Wildman–Crippen LogP) is 4.55. The van der Waals surface area contributed by atoms with Crippen molar-refractivity contribution >= 4 is 11.0 Å². The second kappa shape index (κ2) is 7.00. The van der Waals surface area contributed by atoms with Crippen LogP contribution in [-0.2, 0) is 10.5 Å². The molecule has 1 aromatic heterocycles. The van der Waals surface area contributed by atoms with Gasteiger partial charge in [0.15, 0.2) is 0 Å². The average Bonchev–Trinajstić information content (AvgIpc) is 2.82. The summed E-state index contributed by atoms with van der Waals surface area (Å²) in [4.78, 5) is 9.85. The van der Waals surface area contributed by atoms with E-state index in [1.165, 1.54) is 0 Å². The van der Waals surface area contributed by atoms with Crippen molar-refractivity contribution in [1.29, 1.82) is 0 Å². The predicted molar refractivity (Wildman–Crippen MR) is 113 cm³/mol. The molecule has 1 unspecified atom stereocenters. The van der Waals surface area contributed by atoms with E-state index < -0.39 is 5.79 Å². The van der Waals surface area contributed by atoms with Crippen LogP contribution in [0.4, 0.5) is 0 Å². The second-order valence-electron chi connectivity index (χ2n) is 6.92. The topological polar surface area (TPSA) is 62.7 Å². The first-order chi connectivity index (χ1) is 14.7. The van der Waals surface area contributed by atoms with Crippen LogP contribution in [0.25, 0.3) is 22.3 Å². The van der Waals surface area contributed by atoms with E-state index in [1.807, 2.05) is 66.7 Å². The van der Waals surface area contributed by atoms with Crippen molar-refractivity contribution in [3.63, 3.8) is 0 Å². The number of aromatic nitrogens is 2. The van der Waals surface area contributed by atoms with Gasteiger partial charge in [0.25, 0.3) is 5.79 Å².